The van der Waals surface area contributed by atoms with Crippen molar-refractivity contribution in [3.8, 4) is 0 Å². The van der Waals surface area contributed by atoms with Crippen molar-refractivity contribution < 1.29 is 18.7 Å². The average molecular weight is 537 g/mol. The summed E-state index contributed by atoms with van der Waals surface area (Å²) in [5, 5.41) is 0.164. The average Bonchev–Trinajstić information content (AvgIpc) is 3.50. The SMILES string of the molecule is CC(=O)OC1C=C2C[C@@H](O[Si](C)(C)C(C)(C)C)[C@H]3O[C@H]3[C@]2(C)[C@H]2CC[C@]3(C)[C@@H]([C@H](C)CCl)CC[C@H]3[C@H]12. The fourth-order valence-corrected chi connectivity index (χ4v) is 10.6. The molecule has 4 aliphatic carbocycles. The number of ether oxygens (including phenoxy) is 2. The summed E-state index contributed by atoms with van der Waals surface area (Å²) in [5.74, 6) is 3.13. The molecule has 1 saturated heterocycles. The minimum atomic E-state index is -1.92. The number of rotatable bonds is 5. The zero-order chi connectivity index (χ0) is 26.4. The van der Waals surface area contributed by atoms with Gasteiger partial charge in [0.15, 0.2) is 8.32 Å². The lowest BCUT2D eigenvalue weighted by Gasteiger charge is -2.59. The van der Waals surface area contributed by atoms with Crippen LogP contribution in [0, 0.1) is 40.4 Å². The first-order valence-electron chi connectivity index (χ1n) is 14.4. The molecule has 11 atom stereocenters. The number of carbonyl (C=O) groups excluding carboxylic acids is 1. The van der Waals surface area contributed by atoms with Crippen LogP contribution in [0.15, 0.2) is 11.6 Å². The van der Waals surface area contributed by atoms with E-state index in [1.54, 1.807) is 6.92 Å². The largest absolute Gasteiger partial charge is 0.458 e. The molecule has 0 N–H and O–H groups in total. The summed E-state index contributed by atoms with van der Waals surface area (Å²) in [6.07, 6.45) is 8.51. The van der Waals surface area contributed by atoms with Crippen molar-refractivity contribution >= 4 is 25.9 Å². The second-order valence-corrected chi connectivity index (χ2v) is 19.9. The lowest BCUT2D eigenvalue weighted by atomic mass is 9.46. The van der Waals surface area contributed by atoms with E-state index in [4.69, 9.17) is 25.5 Å². The van der Waals surface area contributed by atoms with Gasteiger partial charge in [0, 0.05) is 24.1 Å². The van der Waals surface area contributed by atoms with Gasteiger partial charge in [-0.2, -0.15) is 0 Å². The first-order chi connectivity index (χ1) is 16.6. The Balaban J connectivity index is 1.49. The summed E-state index contributed by atoms with van der Waals surface area (Å²) in [6, 6.07) is 0. The molecule has 5 aliphatic rings. The molecule has 3 saturated carbocycles. The number of hydrogen-bond donors (Lipinski definition) is 0. The highest BCUT2D eigenvalue weighted by atomic mass is 35.5. The van der Waals surface area contributed by atoms with Crippen molar-refractivity contribution in [3.63, 3.8) is 0 Å². The zero-order valence-corrected chi connectivity index (χ0v) is 25.8. The van der Waals surface area contributed by atoms with Gasteiger partial charge in [0.1, 0.15) is 12.2 Å². The summed E-state index contributed by atoms with van der Waals surface area (Å²) in [5.41, 5.74) is 1.70. The predicted molar refractivity (Wildman–Crippen MR) is 148 cm³/mol. The summed E-state index contributed by atoms with van der Waals surface area (Å²) in [4.78, 5) is 12.3. The Labute approximate surface area is 225 Å². The van der Waals surface area contributed by atoms with Gasteiger partial charge in [0.2, 0.25) is 0 Å². The third-order valence-corrected chi connectivity index (χ3v) is 17.0. The van der Waals surface area contributed by atoms with Crippen molar-refractivity contribution in [2.45, 2.75) is 123 Å². The van der Waals surface area contributed by atoms with Crippen LogP contribution in [0.25, 0.3) is 0 Å². The van der Waals surface area contributed by atoms with Crippen LogP contribution >= 0.6 is 11.6 Å². The second kappa shape index (κ2) is 8.83. The molecule has 1 heterocycles. The van der Waals surface area contributed by atoms with E-state index in [1.165, 1.54) is 31.3 Å². The Bertz CT molecular complexity index is 926. The van der Waals surface area contributed by atoms with Crippen molar-refractivity contribution in [1.29, 1.82) is 0 Å². The summed E-state index contributed by atoms with van der Waals surface area (Å²) < 4.78 is 19.6. The highest BCUT2D eigenvalue weighted by Gasteiger charge is 2.70. The van der Waals surface area contributed by atoms with Crippen LogP contribution in [-0.4, -0.2) is 44.6 Å². The van der Waals surface area contributed by atoms with Crippen molar-refractivity contribution in [2.24, 2.45) is 40.4 Å². The van der Waals surface area contributed by atoms with E-state index in [-0.39, 0.29) is 46.3 Å². The topological polar surface area (TPSA) is 48.1 Å². The first kappa shape index (κ1) is 27.2. The van der Waals surface area contributed by atoms with Crippen LogP contribution in [-0.2, 0) is 18.7 Å². The number of fused-ring (bicyclic) bond motifs is 7. The van der Waals surface area contributed by atoms with E-state index in [0.717, 1.165) is 12.3 Å². The minimum absolute atomic E-state index is 0.0107. The molecule has 0 aromatic carbocycles. The van der Waals surface area contributed by atoms with E-state index in [9.17, 15) is 4.79 Å². The van der Waals surface area contributed by atoms with E-state index >= 15 is 0 Å². The van der Waals surface area contributed by atoms with E-state index in [0.29, 0.717) is 29.6 Å². The van der Waals surface area contributed by atoms with E-state index in [2.05, 4.69) is 60.7 Å². The van der Waals surface area contributed by atoms with Gasteiger partial charge in [-0.05, 0) is 85.4 Å². The van der Waals surface area contributed by atoms with Crippen LogP contribution in [0.1, 0.15) is 80.6 Å². The maximum atomic E-state index is 12.3. The minimum Gasteiger partial charge on any atom is -0.458 e. The predicted octanol–water partition coefficient (Wildman–Crippen LogP) is 7.36. The van der Waals surface area contributed by atoms with Crippen molar-refractivity contribution in [3.05, 3.63) is 11.6 Å². The first-order valence-corrected chi connectivity index (χ1v) is 17.9. The van der Waals surface area contributed by atoms with Crippen molar-refractivity contribution in [1.82, 2.24) is 0 Å². The molecular weight excluding hydrogens is 488 g/mol. The highest BCUT2D eigenvalue weighted by molar-refractivity contribution is 6.74. The van der Waals surface area contributed by atoms with Gasteiger partial charge in [0.25, 0.3) is 0 Å². The van der Waals surface area contributed by atoms with Crippen LogP contribution < -0.4 is 0 Å². The highest BCUT2D eigenvalue weighted by Crippen LogP contribution is 2.69. The fraction of sp³-hybridized carbons (Fsp3) is 0.900. The number of halogens is 1. The Kier molecular flexibility index (Phi) is 6.67. The van der Waals surface area contributed by atoms with E-state index in [1.807, 2.05) is 0 Å². The smallest absolute Gasteiger partial charge is 0.303 e. The molecule has 0 aromatic rings. The van der Waals surface area contributed by atoms with Gasteiger partial charge < -0.3 is 13.9 Å². The molecule has 1 aliphatic heterocycles. The van der Waals surface area contributed by atoms with Crippen molar-refractivity contribution in [2.75, 3.05) is 5.88 Å². The van der Waals surface area contributed by atoms with Crippen LogP contribution in [0.3, 0.4) is 0 Å². The summed E-state index contributed by atoms with van der Waals surface area (Å²) in [6.45, 7) is 20.5. The molecule has 1 unspecified atom stereocenters. The Morgan fingerprint density at radius 3 is 2.53 bits per heavy atom. The molecule has 0 radical (unpaired) electrons. The normalized spacial score (nSPS) is 46.6. The standard InChI is InChI=1S/C30H49ClO4Si/c1-17(16-31)20-10-11-21-25-22(12-13-29(20,21)6)30(7)19(14-23(25)33-18(2)32)15-24(26-27(30)34-26)35-36(8,9)28(3,4)5/h14,17,20-27H,10-13,15-16H2,1-9H3/t17-,20-,21+,22+,23?,24-,25+,26-,27-,29-,30+/m1/s1. The van der Waals surface area contributed by atoms with Gasteiger partial charge >= 0.3 is 5.97 Å². The van der Waals surface area contributed by atoms with Gasteiger partial charge in [-0.3, -0.25) is 4.79 Å². The molecular formula is C30H49ClO4Si. The fourth-order valence-electron chi connectivity index (χ4n) is 9.03. The molecule has 0 aromatic heterocycles. The van der Waals surface area contributed by atoms with Crippen LogP contribution in [0.2, 0.25) is 18.1 Å². The van der Waals surface area contributed by atoms with Crippen LogP contribution in [0.4, 0.5) is 0 Å². The number of epoxide rings is 1. The molecule has 4 nitrogen and oxygen atoms in total. The maximum Gasteiger partial charge on any atom is 0.303 e. The molecule has 5 rings (SSSR count). The molecule has 0 bridgehead atoms. The number of alkyl halides is 1. The van der Waals surface area contributed by atoms with Gasteiger partial charge in [-0.25, -0.2) is 0 Å². The Morgan fingerprint density at radius 1 is 1.22 bits per heavy atom. The van der Waals surface area contributed by atoms with Gasteiger partial charge in [-0.15, -0.1) is 11.6 Å². The second-order valence-electron chi connectivity index (χ2n) is 14.8. The van der Waals surface area contributed by atoms with Crippen LogP contribution in [0.5, 0.6) is 0 Å². The monoisotopic (exact) mass is 536 g/mol. The molecule has 0 amide bonds. The van der Waals surface area contributed by atoms with E-state index < -0.39 is 8.32 Å². The Hall–Kier alpha value is -0.363. The third kappa shape index (κ3) is 4.00. The number of carbonyl (C=O) groups is 1. The third-order valence-electron chi connectivity index (χ3n) is 12.0. The lowest BCUT2D eigenvalue weighted by Crippen LogP contribution is -2.58. The summed E-state index contributed by atoms with van der Waals surface area (Å²) in [7, 11) is -1.92. The Morgan fingerprint density at radius 2 is 1.92 bits per heavy atom. The molecule has 6 heteroatoms. The number of hydrogen-bond acceptors (Lipinski definition) is 4. The number of esters is 1. The summed E-state index contributed by atoms with van der Waals surface area (Å²) >= 11 is 6.38. The van der Waals surface area contributed by atoms with Gasteiger partial charge in [0.05, 0.1) is 12.2 Å². The molecule has 36 heavy (non-hydrogen) atoms. The quantitative estimate of drug-likeness (QED) is 0.121. The molecule has 0 spiro atoms. The molecule has 204 valence electrons. The lowest BCUT2D eigenvalue weighted by molar-refractivity contribution is -0.158. The maximum absolute atomic E-state index is 12.3. The van der Waals surface area contributed by atoms with Gasteiger partial charge in [-0.1, -0.05) is 47.1 Å². The molecule has 4 fully saturated rings. The zero-order valence-electron chi connectivity index (χ0n) is 24.0.